The van der Waals surface area contributed by atoms with Gasteiger partial charge in [0.15, 0.2) is 0 Å². The second-order valence-corrected chi connectivity index (χ2v) is 7.28. The zero-order valence-electron chi connectivity index (χ0n) is 17.6. The Bertz CT molecular complexity index is 693. The highest BCUT2D eigenvalue weighted by Gasteiger charge is 2.53. The van der Waals surface area contributed by atoms with Gasteiger partial charge in [0.25, 0.3) is 0 Å². The van der Waals surface area contributed by atoms with Crippen molar-refractivity contribution in [3.8, 4) is 0 Å². The average molecular weight is 405 g/mol. The second kappa shape index (κ2) is 11.0. The first kappa shape index (κ1) is 22.9. The van der Waals surface area contributed by atoms with Crippen molar-refractivity contribution >= 4 is 23.5 Å². The third-order valence-electron chi connectivity index (χ3n) is 5.05. The molecule has 0 aliphatic carbocycles. The Morgan fingerprint density at radius 3 is 2.03 bits per heavy atom. The standard InChI is InChI=1S/C22H31NO6/c1-4-6-12-19(24)28-14-22(15-29-20(25)13-7-5-2)17-10-8-9-11-18(17)23(16-27-3)21(22)26/h8-11H,4-7,12-16H2,1-3H3. The Hall–Kier alpha value is -2.41. The number of ether oxygens (including phenoxy) is 3. The highest BCUT2D eigenvalue weighted by Crippen LogP contribution is 2.42. The molecule has 0 fully saturated rings. The first-order valence-corrected chi connectivity index (χ1v) is 10.2. The molecule has 29 heavy (non-hydrogen) atoms. The van der Waals surface area contributed by atoms with Gasteiger partial charge in [-0.2, -0.15) is 0 Å². The zero-order valence-corrected chi connectivity index (χ0v) is 17.6. The number of esters is 2. The lowest BCUT2D eigenvalue weighted by Crippen LogP contribution is -2.48. The van der Waals surface area contributed by atoms with Crippen LogP contribution >= 0.6 is 0 Å². The molecule has 1 aromatic carbocycles. The minimum absolute atomic E-state index is 0.0607. The van der Waals surface area contributed by atoms with E-state index in [9.17, 15) is 14.4 Å². The Morgan fingerprint density at radius 2 is 1.52 bits per heavy atom. The Kier molecular flexibility index (Phi) is 8.64. The van der Waals surface area contributed by atoms with Crippen molar-refractivity contribution in [2.45, 2.75) is 57.8 Å². The fourth-order valence-electron chi connectivity index (χ4n) is 3.37. The summed E-state index contributed by atoms with van der Waals surface area (Å²) in [5.74, 6) is -1.02. The van der Waals surface area contributed by atoms with Crippen LogP contribution in [-0.2, 0) is 34.0 Å². The minimum atomic E-state index is -1.27. The van der Waals surface area contributed by atoms with Crippen LogP contribution in [0, 0.1) is 0 Å². The van der Waals surface area contributed by atoms with Crippen molar-refractivity contribution in [3.05, 3.63) is 29.8 Å². The molecular weight excluding hydrogens is 374 g/mol. The SMILES string of the molecule is CCCCC(=O)OCC1(COC(=O)CCCC)C(=O)N(COC)c2ccccc21. The minimum Gasteiger partial charge on any atom is -0.464 e. The number of fused-ring (bicyclic) bond motifs is 1. The highest BCUT2D eigenvalue weighted by molar-refractivity contribution is 6.08. The van der Waals surface area contributed by atoms with Gasteiger partial charge in [0.05, 0.1) is 5.69 Å². The number of carbonyl (C=O) groups is 3. The number of benzene rings is 1. The van der Waals surface area contributed by atoms with Crippen LogP contribution in [0.15, 0.2) is 24.3 Å². The van der Waals surface area contributed by atoms with Crippen LogP contribution in [0.2, 0.25) is 0 Å². The number of rotatable bonds is 12. The summed E-state index contributed by atoms with van der Waals surface area (Å²) in [5.41, 5.74) is 0.0842. The van der Waals surface area contributed by atoms with E-state index in [1.165, 1.54) is 12.0 Å². The molecule has 1 amide bonds. The molecule has 1 aliphatic heterocycles. The highest BCUT2D eigenvalue weighted by atomic mass is 16.5. The van der Waals surface area contributed by atoms with Gasteiger partial charge in [0.1, 0.15) is 25.4 Å². The summed E-state index contributed by atoms with van der Waals surface area (Å²) in [6, 6.07) is 7.26. The molecule has 7 nitrogen and oxygen atoms in total. The van der Waals surface area contributed by atoms with Gasteiger partial charge in [-0.05, 0) is 24.5 Å². The monoisotopic (exact) mass is 405 g/mol. The number of amides is 1. The van der Waals surface area contributed by atoms with Gasteiger partial charge in [0.2, 0.25) is 5.91 Å². The van der Waals surface area contributed by atoms with Crippen molar-refractivity contribution in [3.63, 3.8) is 0 Å². The number of unbranched alkanes of at least 4 members (excludes halogenated alkanes) is 2. The van der Waals surface area contributed by atoms with Crippen molar-refractivity contribution in [2.24, 2.45) is 0 Å². The van der Waals surface area contributed by atoms with Crippen molar-refractivity contribution in [1.82, 2.24) is 0 Å². The lowest BCUT2D eigenvalue weighted by Gasteiger charge is -2.28. The number of hydrogen-bond donors (Lipinski definition) is 0. The Labute approximate surface area is 172 Å². The van der Waals surface area contributed by atoms with Crippen LogP contribution in [0.25, 0.3) is 0 Å². The van der Waals surface area contributed by atoms with Crippen LogP contribution in [0.3, 0.4) is 0 Å². The molecule has 2 rings (SSSR count). The smallest absolute Gasteiger partial charge is 0.305 e. The van der Waals surface area contributed by atoms with E-state index in [2.05, 4.69) is 0 Å². The molecule has 160 valence electrons. The molecule has 1 aliphatic rings. The van der Waals surface area contributed by atoms with E-state index in [4.69, 9.17) is 14.2 Å². The third-order valence-corrected chi connectivity index (χ3v) is 5.05. The number of para-hydroxylation sites is 1. The molecule has 0 radical (unpaired) electrons. The maximum absolute atomic E-state index is 13.4. The summed E-state index contributed by atoms with van der Waals surface area (Å²) in [6.07, 6.45) is 3.77. The van der Waals surface area contributed by atoms with E-state index in [0.717, 1.165) is 25.7 Å². The van der Waals surface area contributed by atoms with Gasteiger partial charge in [-0.3, -0.25) is 19.3 Å². The van der Waals surface area contributed by atoms with Crippen molar-refractivity contribution in [1.29, 1.82) is 0 Å². The third kappa shape index (κ3) is 5.35. The van der Waals surface area contributed by atoms with Gasteiger partial charge in [-0.1, -0.05) is 44.9 Å². The van der Waals surface area contributed by atoms with E-state index in [0.29, 0.717) is 24.1 Å². The molecule has 0 unspecified atom stereocenters. The van der Waals surface area contributed by atoms with Crippen molar-refractivity contribution in [2.75, 3.05) is 32.0 Å². The lowest BCUT2D eigenvalue weighted by atomic mass is 9.83. The molecule has 0 N–H and O–H groups in total. The topological polar surface area (TPSA) is 82.1 Å². The van der Waals surface area contributed by atoms with Gasteiger partial charge >= 0.3 is 11.9 Å². The van der Waals surface area contributed by atoms with Gasteiger partial charge in [0, 0.05) is 20.0 Å². The van der Waals surface area contributed by atoms with Gasteiger partial charge in [-0.25, -0.2) is 0 Å². The van der Waals surface area contributed by atoms with Crippen LogP contribution in [-0.4, -0.2) is 44.9 Å². The lowest BCUT2D eigenvalue weighted by molar-refractivity contribution is -0.152. The number of anilines is 1. The molecular formula is C22H31NO6. The molecule has 7 heteroatoms. The molecule has 0 aromatic heterocycles. The summed E-state index contributed by atoms with van der Waals surface area (Å²) in [4.78, 5) is 39.1. The average Bonchev–Trinajstić information content (AvgIpc) is 2.96. The van der Waals surface area contributed by atoms with E-state index in [-0.39, 0.29) is 37.8 Å². The summed E-state index contributed by atoms with van der Waals surface area (Å²) >= 11 is 0. The maximum Gasteiger partial charge on any atom is 0.305 e. The van der Waals surface area contributed by atoms with Gasteiger partial charge in [-0.15, -0.1) is 0 Å². The second-order valence-electron chi connectivity index (χ2n) is 7.28. The molecule has 1 aromatic rings. The summed E-state index contributed by atoms with van der Waals surface area (Å²) in [6.45, 7) is 3.69. The molecule has 0 spiro atoms. The predicted molar refractivity (Wildman–Crippen MR) is 108 cm³/mol. The van der Waals surface area contributed by atoms with Crippen LogP contribution in [0.4, 0.5) is 5.69 Å². The molecule has 0 saturated heterocycles. The predicted octanol–water partition coefficient (Wildman–Crippen LogP) is 3.34. The molecule has 0 atom stereocenters. The first-order valence-electron chi connectivity index (χ1n) is 10.2. The number of hydrogen-bond acceptors (Lipinski definition) is 6. The van der Waals surface area contributed by atoms with Crippen LogP contribution < -0.4 is 4.90 Å². The Balaban J connectivity index is 2.29. The number of nitrogens with zero attached hydrogens (tertiary/aromatic N) is 1. The van der Waals surface area contributed by atoms with E-state index < -0.39 is 5.41 Å². The van der Waals surface area contributed by atoms with Crippen LogP contribution in [0.1, 0.15) is 57.9 Å². The summed E-state index contributed by atoms with van der Waals surface area (Å²) < 4.78 is 16.2. The molecule has 0 saturated carbocycles. The number of carbonyl (C=O) groups excluding carboxylic acids is 3. The van der Waals surface area contributed by atoms with E-state index >= 15 is 0 Å². The largest absolute Gasteiger partial charge is 0.464 e. The molecule has 0 bridgehead atoms. The van der Waals surface area contributed by atoms with E-state index in [1.54, 1.807) is 0 Å². The Morgan fingerprint density at radius 1 is 0.966 bits per heavy atom. The zero-order chi connectivity index (χ0) is 21.3. The van der Waals surface area contributed by atoms with Gasteiger partial charge < -0.3 is 14.2 Å². The normalized spacial score (nSPS) is 14.6. The van der Waals surface area contributed by atoms with E-state index in [1.807, 2.05) is 38.1 Å². The number of methoxy groups -OCH3 is 1. The fraction of sp³-hybridized carbons (Fsp3) is 0.591. The molecule has 1 heterocycles. The van der Waals surface area contributed by atoms with Crippen molar-refractivity contribution < 1.29 is 28.6 Å². The maximum atomic E-state index is 13.4. The quantitative estimate of drug-likeness (QED) is 0.496. The summed E-state index contributed by atoms with van der Waals surface area (Å²) in [5, 5.41) is 0. The van der Waals surface area contributed by atoms with Crippen LogP contribution in [0.5, 0.6) is 0 Å². The fourth-order valence-corrected chi connectivity index (χ4v) is 3.37. The first-order chi connectivity index (χ1) is 14.0. The summed E-state index contributed by atoms with van der Waals surface area (Å²) in [7, 11) is 1.51.